The van der Waals surface area contributed by atoms with Crippen LogP contribution in [0.1, 0.15) is 38.5 Å². The summed E-state index contributed by atoms with van der Waals surface area (Å²) < 4.78 is 17.6. The van der Waals surface area contributed by atoms with Crippen LogP contribution in [0.5, 0.6) is 0 Å². The Morgan fingerprint density at radius 3 is 2.75 bits per heavy atom. The average Bonchev–Trinajstić information content (AvgIpc) is 2.59. The number of fused-ring (bicyclic) bond motifs is 1. The molecule has 1 unspecified atom stereocenters. The standard InChI is InChI=1S/C18H25NO5/c1-3-7-14(20)19-15-11(2)23-13-10-22-18(24-17(13)16(15)21)12-8-5-4-6-9-12/h4-6,8-9,11,13,15-18,21H,3,7,10H2,1-2H3,(H,19,20)/t11?,13-,15+,16-,17-,18-/m1/s1. The fourth-order valence-electron chi connectivity index (χ4n) is 3.28. The number of hydrogen-bond acceptors (Lipinski definition) is 5. The molecular weight excluding hydrogens is 310 g/mol. The van der Waals surface area contributed by atoms with Crippen LogP contribution in [0.4, 0.5) is 0 Å². The molecule has 0 saturated carbocycles. The molecule has 0 radical (unpaired) electrons. The van der Waals surface area contributed by atoms with Gasteiger partial charge in [-0.15, -0.1) is 0 Å². The number of hydrogen-bond donors (Lipinski definition) is 2. The summed E-state index contributed by atoms with van der Waals surface area (Å²) in [5.41, 5.74) is 0.897. The van der Waals surface area contributed by atoms with E-state index in [4.69, 9.17) is 14.2 Å². The van der Waals surface area contributed by atoms with E-state index in [0.29, 0.717) is 13.0 Å². The van der Waals surface area contributed by atoms with Crippen LogP contribution in [0.25, 0.3) is 0 Å². The molecular formula is C18H25NO5. The van der Waals surface area contributed by atoms with E-state index in [2.05, 4.69) is 5.32 Å². The second-order valence-electron chi connectivity index (χ2n) is 6.39. The highest BCUT2D eigenvalue weighted by molar-refractivity contribution is 5.76. The molecule has 6 heteroatoms. The molecule has 132 valence electrons. The van der Waals surface area contributed by atoms with Crippen molar-refractivity contribution in [1.29, 1.82) is 0 Å². The van der Waals surface area contributed by atoms with Gasteiger partial charge in [-0.1, -0.05) is 37.3 Å². The maximum atomic E-state index is 11.9. The van der Waals surface area contributed by atoms with Crippen LogP contribution in [0.3, 0.4) is 0 Å². The lowest BCUT2D eigenvalue weighted by Crippen LogP contribution is -2.65. The van der Waals surface area contributed by atoms with E-state index in [1.54, 1.807) is 0 Å². The highest BCUT2D eigenvalue weighted by Crippen LogP contribution is 2.33. The van der Waals surface area contributed by atoms with Crippen molar-refractivity contribution in [2.24, 2.45) is 0 Å². The number of benzene rings is 1. The number of aliphatic hydroxyl groups excluding tert-OH is 1. The minimum Gasteiger partial charge on any atom is -0.388 e. The maximum Gasteiger partial charge on any atom is 0.220 e. The molecule has 2 heterocycles. The quantitative estimate of drug-likeness (QED) is 0.873. The minimum atomic E-state index is -0.838. The normalized spacial score (nSPS) is 36.0. The summed E-state index contributed by atoms with van der Waals surface area (Å²) in [7, 11) is 0. The van der Waals surface area contributed by atoms with Crippen LogP contribution in [-0.4, -0.2) is 48.1 Å². The lowest BCUT2D eigenvalue weighted by Gasteiger charge is -2.47. The van der Waals surface area contributed by atoms with Crippen LogP contribution >= 0.6 is 0 Å². The Kier molecular flexibility index (Phi) is 5.50. The minimum absolute atomic E-state index is 0.0814. The Balaban J connectivity index is 1.70. The molecule has 0 aliphatic carbocycles. The molecule has 6 nitrogen and oxygen atoms in total. The van der Waals surface area contributed by atoms with Gasteiger partial charge in [-0.25, -0.2) is 0 Å². The van der Waals surface area contributed by atoms with E-state index in [0.717, 1.165) is 12.0 Å². The van der Waals surface area contributed by atoms with Gasteiger partial charge in [-0.3, -0.25) is 4.79 Å². The Morgan fingerprint density at radius 2 is 2.04 bits per heavy atom. The van der Waals surface area contributed by atoms with Crippen LogP contribution in [0, 0.1) is 0 Å². The smallest absolute Gasteiger partial charge is 0.220 e. The van der Waals surface area contributed by atoms with E-state index in [-0.39, 0.29) is 18.1 Å². The zero-order valence-electron chi connectivity index (χ0n) is 14.1. The molecule has 3 rings (SSSR count). The third-order valence-corrected chi connectivity index (χ3v) is 4.54. The van der Waals surface area contributed by atoms with Crippen LogP contribution < -0.4 is 5.32 Å². The molecule has 2 fully saturated rings. The predicted octanol–water partition coefficient (Wildman–Crippen LogP) is 1.53. The second kappa shape index (κ2) is 7.61. The summed E-state index contributed by atoms with van der Waals surface area (Å²) in [6.45, 7) is 4.14. The van der Waals surface area contributed by atoms with Gasteiger partial charge in [0.05, 0.1) is 18.8 Å². The molecule has 0 aromatic heterocycles. The number of rotatable bonds is 4. The number of aliphatic hydroxyl groups is 1. The van der Waals surface area contributed by atoms with E-state index in [1.807, 2.05) is 44.2 Å². The van der Waals surface area contributed by atoms with Gasteiger partial charge in [0.25, 0.3) is 0 Å². The number of carbonyl (C=O) groups is 1. The van der Waals surface area contributed by atoms with Crippen molar-refractivity contribution in [2.75, 3.05) is 6.61 Å². The zero-order valence-corrected chi connectivity index (χ0v) is 14.1. The van der Waals surface area contributed by atoms with Crippen molar-refractivity contribution < 1.29 is 24.1 Å². The molecule has 1 aromatic carbocycles. The Bertz CT molecular complexity index is 552. The zero-order chi connectivity index (χ0) is 17.1. The molecule has 2 N–H and O–H groups in total. The molecule has 6 atom stereocenters. The molecule has 0 spiro atoms. The average molecular weight is 335 g/mol. The van der Waals surface area contributed by atoms with Gasteiger partial charge < -0.3 is 24.6 Å². The highest BCUT2D eigenvalue weighted by Gasteiger charge is 2.48. The fraction of sp³-hybridized carbons (Fsp3) is 0.611. The van der Waals surface area contributed by atoms with E-state index >= 15 is 0 Å². The number of ether oxygens (including phenoxy) is 3. The van der Waals surface area contributed by atoms with Gasteiger partial charge >= 0.3 is 0 Å². The molecule has 2 aliphatic rings. The highest BCUT2D eigenvalue weighted by atomic mass is 16.7. The van der Waals surface area contributed by atoms with Crippen molar-refractivity contribution >= 4 is 5.91 Å². The SMILES string of the molecule is CCCC(=O)N[C@H]1C(C)O[C@@H]2CO[C@@H](c3ccccc3)O[C@H]2[C@@H]1O. The third-order valence-electron chi connectivity index (χ3n) is 4.54. The summed E-state index contributed by atoms with van der Waals surface area (Å²) in [4.78, 5) is 11.9. The molecule has 1 aromatic rings. The van der Waals surface area contributed by atoms with Crippen molar-refractivity contribution in [1.82, 2.24) is 5.32 Å². The lowest BCUT2D eigenvalue weighted by atomic mass is 9.92. The van der Waals surface area contributed by atoms with Gasteiger partial charge in [0.15, 0.2) is 6.29 Å². The van der Waals surface area contributed by atoms with Gasteiger partial charge in [0.1, 0.15) is 18.3 Å². The monoisotopic (exact) mass is 335 g/mol. The number of nitrogens with one attached hydrogen (secondary N) is 1. The topological polar surface area (TPSA) is 77.0 Å². The largest absolute Gasteiger partial charge is 0.388 e. The summed E-state index contributed by atoms with van der Waals surface area (Å²) in [6, 6.07) is 9.11. The van der Waals surface area contributed by atoms with Gasteiger partial charge in [-0.05, 0) is 13.3 Å². The van der Waals surface area contributed by atoms with E-state index in [1.165, 1.54) is 0 Å². The molecule has 24 heavy (non-hydrogen) atoms. The molecule has 1 amide bonds. The van der Waals surface area contributed by atoms with Gasteiger partial charge in [0, 0.05) is 12.0 Å². The first-order chi connectivity index (χ1) is 11.6. The summed E-state index contributed by atoms with van der Waals surface area (Å²) in [6.07, 6.45) is -1.36. The predicted molar refractivity (Wildman–Crippen MR) is 87.2 cm³/mol. The maximum absolute atomic E-state index is 11.9. The van der Waals surface area contributed by atoms with Crippen LogP contribution in [-0.2, 0) is 19.0 Å². The first-order valence-electron chi connectivity index (χ1n) is 8.55. The Morgan fingerprint density at radius 1 is 1.29 bits per heavy atom. The fourth-order valence-corrected chi connectivity index (χ4v) is 3.28. The summed E-state index contributed by atoms with van der Waals surface area (Å²) >= 11 is 0. The summed E-state index contributed by atoms with van der Waals surface area (Å²) in [5.74, 6) is -0.0814. The van der Waals surface area contributed by atoms with Crippen LogP contribution in [0.2, 0.25) is 0 Å². The second-order valence-corrected chi connectivity index (χ2v) is 6.39. The summed E-state index contributed by atoms with van der Waals surface area (Å²) in [5, 5.41) is 13.6. The molecule has 2 aliphatic heterocycles. The lowest BCUT2D eigenvalue weighted by molar-refractivity contribution is -0.313. The molecule has 2 saturated heterocycles. The Labute approximate surface area is 142 Å². The number of carbonyl (C=O) groups excluding carboxylic acids is 1. The molecule has 0 bridgehead atoms. The third kappa shape index (κ3) is 3.62. The van der Waals surface area contributed by atoms with E-state index < -0.39 is 24.5 Å². The first-order valence-corrected chi connectivity index (χ1v) is 8.55. The van der Waals surface area contributed by atoms with Gasteiger partial charge in [-0.2, -0.15) is 0 Å². The van der Waals surface area contributed by atoms with Crippen molar-refractivity contribution in [3.8, 4) is 0 Å². The van der Waals surface area contributed by atoms with Gasteiger partial charge in [0.2, 0.25) is 5.91 Å². The van der Waals surface area contributed by atoms with Crippen LogP contribution in [0.15, 0.2) is 30.3 Å². The first kappa shape index (κ1) is 17.4. The van der Waals surface area contributed by atoms with E-state index in [9.17, 15) is 9.90 Å². The van der Waals surface area contributed by atoms with Crippen molar-refractivity contribution in [3.05, 3.63) is 35.9 Å². The van der Waals surface area contributed by atoms with Crippen molar-refractivity contribution in [2.45, 2.75) is 63.4 Å². The number of amides is 1. The Hall–Kier alpha value is -1.47. The van der Waals surface area contributed by atoms with Crippen molar-refractivity contribution in [3.63, 3.8) is 0 Å².